The summed E-state index contributed by atoms with van der Waals surface area (Å²) in [7, 11) is 1.60. The van der Waals surface area contributed by atoms with Crippen LogP contribution in [0.5, 0.6) is 5.88 Å². The van der Waals surface area contributed by atoms with Gasteiger partial charge in [-0.2, -0.15) is 4.98 Å². The molecule has 102 valence electrons. The number of hydrogen-bond donors (Lipinski definition) is 1. The summed E-state index contributed by atoms with van der Waals surface area (Å²) in [5.41, 5.74) is 1.74. The van der Waals surface area contributed by atoms with Crippen LogP contribution in [0.3, 0.4) is 0 Å². The number of rotatable bonds is 4. The molecule has 0 saturated carbocycles. The van der Waals surface area contributed by atoms with Gasteiger partial charge in [-0.25, -0.2) is 9.50 Å². The molecule has 3 aromatic heterocycles. The van der Waals surface area contributed by atoms with Crippen LogP contribution < -0.4 is 10.1 Å². The van der Waals surface area contributed by atoms with E-state index in [4.69, 9.17) is 4.74 Å². The lowest BCUT2D eigenvalue weighted by Crippen LogP contribution is -2.04. The Morgan fingerprint density at radius 2 is 2.25 bits per heavy atom. The van der Waals surface area contributed by atoms with Crippen LogP contribution in [0.25, 0.3) is 5.65 Å². The van der Waals surface area contributed by atoms with Crippen molar-refractivity contribution in [3.63, 3.8) is 0 Å². The van der Waals surface area contributed by atoms with Gasteiger partial charge in [0.15, 0.2) is 5.65 Å². The van der Waals surface area contributed by atoms with Crippen molar-refractivity contribution in [2.45, 2.75) is 6.54 Å². The van der Waals surface area contributed by atoms with Gasteiger partial charge in [0, 0.05) is 29.0 Å². The van der Waals surface area contributed by atoms with Gasteiger partial charge in [-0.3, -0.25) is 0 Å². The third-order valence-electron chi connectivity index (χ3n) is 2.78. The van der Waals surface area contributed by atoms with E-state index < -0.39 is 0 Å². The molecule has 0 aromatic carbocycles. The Hall–Kier alpha value is -2.15. The van der Waals surface area contributed by atoms with Crippen molar-refractivity contribution in [2.24, 2.45) is 0 Å². The van der Waals surface area contributed by atoms with Gasteiger partial charge in [0.05, 0.1) is 7.11 Å². The molecule has 0 amide bonds. The smallest absolute Gasteiger partial charge is 0.243 e. The topological polar surface area (TPSA) is 64.3 Å². The first-order valence-electron chi connectivity index (χ1n) is 6.00. The van der Waals surface area contributed by atoms with Gasteiger partial charge >= 0.3 is 0 Å². The van der Waals surface area contributed by atoms with E-state index in [9.17, 15) is 0 Å². The lowest BCUT2D eigenvalue weighted by atomic mass is 10.3. The normalized spacial score (nSPS) is 10.7. The minimum absolute atomic E-state index is 0.551. The molecule has 3 heterocycles. The Labute approximate surface area is 123 Å². The molecule has 7 heteroatoms. The number of aromatic nitrogens is 4. The molecular weight excluding hydrogens is 322 g/mol. The summed E-state index contributed by atoms with van der Waals surface area (Å²) in [5, 5.41) is 7.51. The van der Waals surface area contributed by atoms with Crippen molar-refractivity contribution in [3.05, 3.63) is 46.7 Å². The van der Waals surface area contributed by atoms with E-state index in [0.717, 1.165) is 15.7 Å². The first kappa shape index (κ1) is 12.9. The van der Waals surface area contributed by atoms with Crippen molar-refractivity contribution < 1.29 is 4.74 Å². The van der Waals surface area contributed by atoms with Crippen LogP contribution in [0.1, 0.15) is 5.56 Å². The molecule has 0 aliphatic heterocycles. The molecule has 0 atom stereocenters. The zero-order valence-corrected chi connectivity index (χ0v) is 12.3. The number of pyridine rings is 2. The quantitative estimate of drug-likeness (QED) is 0.794. The third kappa shape index (κ3) is 2.57. The summed E-state index contributed by atoms with van der Waals surface area (Å²) < 4.78 is 7.87. The van der Waals surface area contributed by atoms with Gasteiger partial charge in [0.2, 0.25) is 11.8 Å². The second-order valence-corrected chi connectivity index (χ2v) is 5.03. The first-order valence-corrected chi connectivity index (χ1v) is 6.79. The molecule has 0 radical (unpaired) electrons. The summed E-state index contributed by atoms with van der Waals surface area (Å²) >= 11 is 3.40. The predicted octanol–water partition coefficient (Wildman–Crippen LogP) is 2.51. The first-order chi connectivity index (χ1) is 9.76. The van der Waals surface area contributed by atoms with Gasteiger partial charge in [-0.05, 0) is 34.1 Å². The molecule has 3 rings (SSSR count). The average Bonchev–Trinajstić information content (AvgIpc) is 2.87. The molecule has 3 aromatic rings. The number of hydrogen-bond acceptors (Lipinski definition) is 5. The van der Waals surface area contributed by atoms with E-state index >= 15 is 0 Å². The van der Waals surface area contributed by atoms with Crippen molar-refractivity contribution in [3.8, 4) is 5.88 Å². The van der Waals surface area contributed by atoms with Crippen LogP contribution in [-0.2, 0) is 6.54 Å². The van der Waals surface area contributed by atoms with Crippen LogP contribution in [0.2, 0.25) is 0 Å². The lowest BCUT2D eigenvalue weighted by Gasteiger charge is -2.06. The van der Waals surface area contributed by atoms with Crippen molar-refractivity contribution in [1.82, 2.24) is 19.6 Å². The highest BCUT2D eigenvalue weighted by Gasteiger charge is 2.06. The highest BCUT2D eigenvalue weighted by atomic mass is 79.9. The zero-order chi connectivity index (χ0) is 13.9. The van der Waals surface area contributed by atoms with Gasteiger partial charge in [0.1, 0.15) is 0 Å². The van der Waals surface area contributed by atoms with Crippen LogP contribution in [0.4, 0.5) is 5.95 Å². The highest BCUT2D eigenvalue weighted by molar-refractivity contribution is 9.10. The van der Waals surface area contributed by atoms with Gasteiger partial charge in [-0.15, -0.1) is 5.10 Å². The fourth-order valence-corrected chi connectivity index (χ4v) is 2.18. The molecule has 0 spiro atoms. The molecule has 0 bridgehead atoms. The third-order valence-corrected chi connectivity index (χ3v) is 3.24. The predicted molar refractivity (Wildman–Crippen MR) is 78.8 cm³/mol. The number of nitrogens with one attached hydrogen (secondary N) is 1. The van der Waals surface area contributed by atoms with E-state index in [1.807, 2.05) is 30.5 Å². The number of anilines is 1. The van der Waals surface area contributed by atoms with Crippen LogP contribution in [0.15, 0.2) is 41.1 Å². The van der Waals surface area contributed by atoms with Crippen molar-refractivity contribution >= 4 is 27.5 Å². The maximum Gasteiger partial charge on any atom is 0.243 e. The Balaban J connectivity index is 1.79. The zero-order valence-electron chi connectivity index (χ0n) is 10.7. The summed E-state index contributed by atoms with van der Waals surface area (Å²) in [6.45, 7) is 0.551. The summed E-state index contributed by atoms with van der Waals surface area (Å²) in [6, 6.07) is 7.64. The monoisotopic (exact) mass is 333 g/mol. The molecule has 0 aliphatic carbocycles. The van der Waals surface area contributed by atoms with Gasteiger partial charge in [0.25, 0.3) is 0 Å². The highest BCUT2D eigenvalue weighted by Crippen LogP contribution is 2.16. The van der Waals surface area contributed by atoms with E-state index in [1.165, 1.54) is 0 Å². The Morgan fingerprint density at radius 1 is 1.35 bits per heavy atom. The molecular formula is C13H12BrN5O. The lowest BCUT2D eigenvalue weighted by molar-refractivity contribution is 0.393. The largest absolute Gasteiger partial charge is 0.481 e. The number of methoxy groups -OCH3 is 1. The molecule has 0 aliphatic rings. The van der Waals surface area contributed by atoms with Crippen LogP contribution >= 0.6 is 15.9 Å². The van der Waals surface area contributed by atoms with E-state index in [1.54, 1.807) is 17.8 Å². The van der Waals surface area contributed by atoms with Gasteiger partial charge in [-0.1, -0.05) is 6.07 Å². The Morgan fingerprint density at radius 3 is 3.10 bits per heavy atom. The maximum absolute atomic E-state index is 5.21. The van der Waals surface area contributed by atoms with Crippen LogP contribution in [-0.4, -0.2) is 26.7 Å². The van der Waals surface area contributed by atoms with E-state index in [-0.39, 0.29) is 0 Å². The second kappa shape index (κ2) is 5.46. The molecule has 0 unspecified atom stereocenters. The van der Waals surface area contributed by atoms with Crippen LogP contribution in [0, 0.1) is 0 Å². The number of nitrogens with zero attached hydrogens (tertiary/aromatic N) is 4. The second-order valence-electron chi connectivity index (χ2n) is 4.11. The summed E-state index contributed by atoms with van der Waals surface area (Å²) in [4.78, 5) is 8.53. The molecule has 6 nitrogen and oxygen atoms in total. The number of ether oxygens (including phenoxy) is 1. The average molecular weight is 334 g/mol. The fourth-order valence-electron chi connectivity index (χ4n) is 1.85. The number of fused-ring (bicyclic) bond motifs is 1. The number of halogens is 1. The van der Waals surface area contributed by atoms with Crippen molar-refractivity contribution in [1.29, 1.82) is 0 Å². The summed E-state index contributed by atoms with van der Waals surface area (Å²) in [6.07, 6.45) is 3.56. The van der Waals surface area contributed by atoms with E-state index in [2.05, 4.69) is 36.3 Å². The Bertz CT molecular complexity index is 742. The van der Waals surface area contributed by atoms with Crippen molar-refractivity contribution in [2.75, 3.05) is 12.4 Å². The SMILES string of the molecule is COc1ncccc1CNc1nc2ccc(Br)cn2n1. The maximum atomic E-state index is 5.21. The minimum Gasteiger partial charge on any atom is -0.481 e. The molecule has 0 fully saturated rings. The molecule has 20 heavy (non-hydrogen) atoms. The van der Waals surface area contributed by atoms with E-state index in [0.29, 0.717) is 18.4 Å². The van der Waals surface area contributed by atoms with Gasteiger partial charge < -0.3 is 10.1 Å². The summed E-state index contributed by atoms with van der Waals surface area (Å²) in [5.74, 6) is 1.17. The Kier molecular flexibility index (Phi) is 3.51. The molecule has 1 N–H and O–H groups in total. The minimum atomic E-state index is 0.551. The molecule has 0 saturated heterocycles. The fraction of sp³-hybridized carbons (Fsp3) is 0.154. The standard InChI is InChI=1S/C13H12BrN5O/c1-20-12-9(3-2-6-15-12)7-16-13-17-11-5-4-10(14)8-19(11)18-13/h2-6,8H,7H2,1H3,(H,16,18).